The van der Waals surface area contributed by atoms with Crippen LogP contribution in [0.1, 0.15) is 0 Å². The van der Waals surface area contributed by atoms with Crippen LogP contribution in [0.5, 0.6) is 0 Å². The number of nitrogens with one attached hydrogen (secondary N) is 1. The Kier molecular flexibility index (Phi) is 9.90. The summed E-state index contributed by atoms with van der Waals surface area (Å²) in [6.45, 7) is 1.24. The number of rotatable bonds is 7. The van der Waals surface area contributed by atoms with E-state index < -0.39 is 10.2 Å². The predicted molar refractivity (Wildman–Crippen MR) is 57.7 cm³/mol. The number of likely N-dealkylation sites (N-methyl/N-ethyl adjacent to an activating group) is 1. The molecular weight excluding hydrogens is 230 g/mol. The lowest BCUT2D eigenvalue weighted by atomic mass is 10.7. The third-order valence-corrected chi connectivity index (χ3v) is 3.02. The molecule has 0 aromatic rings. The van der Waals surface area contributed by atoms with Crippen molar-refractivity contribution < 1.29 is 13.2 Å². The van der Waals surface area contributed by atoms with Crippen molar-refractivity contribution in [2.24, 2.45) is 5.73 Å². The van der Waals surface area contributed by atoms with Crippen LogP contribution in [0.2, 0.25) is 0 Å². The van der Waals surface area contributed by atoms with Crippen LogP contribution in [0.3, 0.4) is 0 Å². The van der Waals surface area contributed by atoms with Gasteiger partial charge in [0.2, 0.25) is 0 Å². The molecule has 0 amide bonds. The van der Waals surface area contributed by atoms with E-state index in [9.17, 15) is 8.42 Å². The van der Waals surface area contributed by atoms with Crippen molar-refractivity contribution in [2.45, 2.75) is 0 Å². The largest absolute Gasteiger partial charge is 0.383 e. The van der Waals surface area contributed by atoms with Gasteiger partial charge in [-0.1, -0.05) is 0 Å². The second-order valence-electron chi connectivity index (χ2n) is 2.50. The van der Waals surface area contributed by atoms with Crippen molar-refractivity contribution in [3.8, 4) is 0 Å². The summed E-state index contributed by atoms with van der Waals surface area (Å²) in [4.78, 5) is 0. The van der Waals surface area contributed by atoms with Crippen molar-refractivity contribution >= 4 is 22.6 Å². The summed E-state index contributed by atoms with van der Waals surface area (Å²) in [5, 5.41) is 0. The quantitative estimate of drug-likeness (QED) is 0.591. The Morgan fingerprint density at radius 3 is 2.50 bits per heavy atom. The first-order chi connectivity index (χ1) is 6.04. The molecule has 0 bridgehead atoms. The highest BCUT2D eigenvalue weighted by Crippen LogP contribution is 1.91. The Morgan fingerprint density at radius 1 is 1.50 bits per heavy atom. The molecule has 14 heavy (non-hydrogen) atoms. The van der Waals surface area contributed by atoms with E-state index in [2.05, 4.69) is 4.72 Å². The maximum absolute atomic E-state index is 11.3. The minimum absolute atomic E-state index is 0. The van der Waals surface area contributed by atoms with Gasteiger partial charge in [-0.3, -0.25) is 0 Å². The van der Waals surface area contributed by atoms with E-state index in [0.29, 0.717) is 13.2 Å². The summed E-state index contributed by atoms with van der Waals surface area (Å²) in [7, 11) is -0.366. The van der Waals surface area contributed by atoms with E-state index in [1.165, 1.54) is 18.5 Å². The molecule has 0 aromatic heterocycles. The van der Waals surface area contributed by atoms with Gasteiger partial charge in [-0.15, -0.1) is 12.4 Å². The van der Waals surface area contributed by atoms with Gasteiger partial charge in [0.25, 0.3) is 10.2 Å². The topological polar surface area (TPSA) is 84.7 Å². The smallest absolute Gasteiger partial charge is 0.279 e. The Balaban J connectivity index is 0. The molecule has 8 heteroatoms. The van der Waals surface area contributed by atoms with Crippen molar-refractivity contribution in [3.63, 3.8) is 0 Å². The van der Waals surface area contributed by atoms with Crippen LogP contribution < -0.4 is 10.5 Å². The molecule has 0 aromatic carbocycles. The minimum Gasteiger partial charge on any atom is -0.383 e. The van der Waals surface area contributed by atoms with E-state index in [0.717, 1.165) is 0 Å². The van der Waals surface area contributed by atoms with Gasteiger partial charge >= 0.3 is 0 Å². The number of hydrogen-bond donors (Lipinski definition) is 2. The first-order valence-corrected chi connectivity index (χ1v) is 5.38. The van der Waals surface area contributed by atoms with Crippen molar-refractivity contribution in [1.82, 2.24) is 9.03 Å². The summed E-state index contributed by atoms with van der Waals surface area (Å²) < 4.78 is 30.9. The number of nitrogens with zero attached hydrogens (tertiary/aromatic N) is 1. The molecule has 0 radical (unpaired) electrons. The van der Waals surface area contributed by atoms with E-state index in [-0.39, 0.29) is 25.5 Å². The average Bonchev–Trinajstić information content (AvgIpc) is 2.10. The van der Waals surface area contributed by atoms with Crippen LogP contribution >= 0.6 is 12.4 Å². The number of ether oxygens (including phenoxy) is 1. The zero-order valence-corrected chi connectivity index (χ0v) is 10.0. The standard InChI is InChI=1S/C6H17N3O3S.ClH/c1-9(5-6-12-2)13(10,11)8-4-3-7;/h8H,3-7H2,1-2H3;1H. The number of nitrogens with two attached hydrogens (primary N) is 1. The fourth-order valence-corrected chi connectivity index (χ4v) is 1.55. The van der Waals surface area contributed by atoms with E-state index in [1.807, 2.05) is 0 Å². The lowest BCUT2D eigenvalue weighted by Gasteiger charge is -2.16. The van der Waals surface area contributed by atoms with Gasteiger partial charge in [-0.05, 0) is 0 Å². The molecule has 0 spiro atoms. The van der Waals surface area contributed by atoms with E-state index in [1.54, 1.807) is 0 Å². The number of methoxy groups -OCH3 is 1. The summed E-state index contributed by atoms with van der Waals surface area (Å²) in [5.41, 5.74) is 5.17. The highest BCUT2D eigenvalue weighted by Gasteiger charge is 2.15. The lowest BCUT2D eigenvalue weighted by Crippen LogP contribution is -2.41. The predicted octanol–water partition coefficient (Wildman–Crippen LogP) is -1.22. The van der Waals surface area contributed by atoms with Gasteiger partial charge in [0.15, 0.2) is 0 Å². The molecule has 6 nitrogen and oxygen atoms in total. The molecule has 3 N–H and O–H groups in total. The van der Waals surface area contributed by atoms with Gasteiger partial charge < -0.3 is 10.5 Å². The average molecular weight is 248 g/mol. The van der Waals surface area contributed by atoms with E-state index >= 15 is 0 Å². The molecule has 0 rings (SSSR count). The SMILES string of the molecule is COCCN(C)S(=O)(=O)NCCN.Cl. The van der Waals surface area contributed by atoms with Gasteiger partial charge in [0.05, 0.1) is 6.61 Å². The van der Waals surface area contributed by atoms with Crippen LogP contribution in [0, 0.1) is 0 Å². The maximum atomic E-state index is 11.3. The number of halogens is 1. The van der Waals surface area contributed by atoms with Gasteiger partial charge in [0.1, 0.15) is 0 Å². The first kappa shape index (κ1) is 16.5. The highest BCUT2D eigenvalue weighted by molar-refractivity contribution is 7.87. The van der Waals surface area contributed by atoms with Gasteiger partial charge in [-0.2, -0.15) is 12.7 Å². The molecule has 0 unspecified atom stereocenters. The summed E-state index contributed by atoms with van der Waals surface area (Å²) in [6.07, 6.45) is 0. The summed E-state index contributed by atoms with van der Waals surface area (Å²) >= 11 is 0. The maximum Gasteiger partial charge on any atom is 0.279 e. The molecule has 0 fully saturated rings. The van der Waals surface area contributed by atoms with Crippen LogP contribution in [-0.4, -0.2) is 53.1 Å². The molecule has 0 heterocycles. The van der Waals surface area contributed by atoms with E-state index in [4.69, 9.17) is 10.5 Å². The Hall–Kier alpha value is 0.0800. The normalized spacial score (nSPS) is 11.4. The molecule has 0 atom stereocenters. The van der Waals surface area contributed by atoms with Crippen molar-refractivity contribution in [2.75, 3.05) is 40.4 Å². The van der Waals surface area contributed by atoms with Gasteiger partial charge in [0, 0.05) is 33.8 Å². The van der Waals surface area contributed by atoms with Crippen LogP contribution in [0.15, 0.2) is 0 Å². The minimum atomic E-state index is -3.37. The fourth-order valence-electron chi connectivity index (χ4n) is 0.638. The summed E-state index contributed by atoms with van der Waals surface area (Å²) in [5.74, 6) is 0. The molecule has 0 aliphatic carbocycles. The van der Waals surface area contributed by atoms with Crippen LogP contribution in [0.4, 0.5) is 0 Å². The van der Waals surface area contributed by atoms with Crippen LogP contribution in [0.25, 0.3) is 0 Å². The Morgan fingerprint density at radius 2 is 2.07 bits per heavy atom. The summed E-state index contributed by atoms with van der Waals surface area (Å²) in [6, 6.07) is 0. The Labute approximate surface area is 91.4 Å². The van der Waals surface area contributed by atoms with Crippen LogP contribution in [-0.2, 0) is 14.9 Å². The molecule has 88 valence electrons. The lowest BCUT2D eigenvalue weighted by molar-refractivity contribution is 0.184. The highest BCUT2D eigenvalue weighted by atomic mass is 35.5. The third kappa shape index (κ3) is 6.52. The monoisotopic (exact) mass is 247 g/mol. The fraction of sp³-hybridized carbons (Fsp3) is 1.00. The second kappa shape index (κ2) is 8.39. The van der Waals surface area contributed by atoms with Gasteiger partial charge in [-0.25, -0.2) is 4.72 Å². The zero-order valence-electron chi connectivity index (χ0n) is 8.39. The van der Waals surface area contributed by atoms with Crippen molar-refractivity contribution in [1.29, 1.82) is 0 Å². The molecule has 0 aliphatic heterocycles. The first-order valence-electron chi connectivity index (χ1n) is 3.94. The molecule has 0 saturated carbocycles. The molecule has 0 aliphatic rings. The molecular formula is C6H18ClN3O3S. The Bertz CT molecular complexity index is 222. The number of hydrogen-bond acceptors (Lipinski definition) is 4. The molecule has 0 saturated heterocycles. The third-order valence-electron chi connectivity index (χ3n) is 1.45. The zero-order chi connectivity index (χ0) is 10.3. The second-order valence-corrected chi connectivity index (χ2v) is 4.36. The van der Waals surface area contributed by atoms with Crippen molar-refractivity contribution in [3.05, 3.63) is 0 Å².